The van der Waals surface area contributed by atoms with E-state index in [1.807, 2.05) is 6.07 Å². The Labute approximate surface area is 132 Å². The average Bonchev–Trinajstić information content (AvgIpc) is 3.09. The van der Waals surface area contributed by atoms with Gasteiger partial charge in [-0.2, -0.15) is 0 Å². The molecule has 1 aliphatic heterocycles. The predicted octanol–water partition coefficient (Wildman–Crippen LogP) is 0.802. The highest BCUT2D eigenvalue weighted by atomic mass is 32.2. The third-order valence-corrected chi connectivity index (χ3v) is 5.72. The minimum absolute atomic E-state index is 0.180. The topological polar surface area (TPSA) is 104 Å². The predicted molar refractivity (Wildman–Crippen MR) is 86.9 cm³/mol. The molecule has 0 aliphatic carbocycles. The summed E-state index contributed by atoms with van der Waals surface area (Å²) in [7, 11) is -3.26. The summed E-state index contributed by atoms with van der Waals surface area (Å²) < 4.78 is 26.8. The van der Waals surface area contributed by atoms with Crippen molar-refractivity contribution in [2.75, 3.05) is 19.3 Å². The highest BCUT2D eigenvalue weighted by Gasteiger charge is 2.29. The fourth-order valence-corrected chi connectivity index (χ4v) is 4.31. The maximum absolute atomic E-state index is 12.5. The summed E-state index contributed by atoms with van der Waals surface area (Å²) in [5.41, 5.74) is 1.93. The standard InChI is InChI=1S/C14H17N5O3S/c1-23(21,22)18-6-2-3-9(8-18)19-12-10-4-5-15-13(10)16-7-11(12)17-14(19)20/h4-5,7,9H,2-3,6,8H2,1H3,(H,15,16)(H,17,20)/t9-/m1/s1. The summed E-state index contributed by atoms with van der Waals surface area (Å²) in [6.45, 7) is 0.827. The number of fused-ring (bicyclic) bond motifs is 3. The van der Waals surface area contributed by atoms with Gasteiger partial charge in [0.1, 0.15) is 5.65 Å². The average molecular weight is 335 g/mol. The van der Waals surface area contributed by atoms with E-state index >= 15 is 0 Å². The van der Waals surface area contributed by atoms with Crippen LogP contribution in [0, 0.1) is 0 Å². The highest BCUT2D eigenvalue weighted by Crippen LogP contribution is 2.28. The number of H-pyrrole nitrogens is 2. The fraction of sp³-hybridized carbons (Fsp3) is 0.429. The minimum atomic E-state index is -3.26. The van der Waals surface area contributed by atoms with Crippen molar-refractivity contribution in [1.29, 1.82) is 0 Å². The molecule has 4 heterocycles. The zero-order chi connectivity index (χ0) is 16.2. The molecule has 9 heteroatoms. The lowest BCUT2D eigenvalue weighted by atomic mass is 10.1. The molecule has 0 amide bonds. The lowest BCUT2D eigenvalue weighted by Crippen LogP contribution is -2.41. The lowest BCUT2D eigenvalue weighted by Gasteiger charge is -2.31. The SMILES string of the molecule is CS(=O)(=O)N1CCC[C@@H](n2c(=O)[nH]c3cnc4[nH]ccc4c32)C1. The van der Waals surface area contributed by atoms with Gasteiger partial charge in [0.25, 0.3) is 0 Å². The number of nitrogens with zero attached hydrogens (tertiary/aromatic N) is 3. The van der Waals surface area contributed by atoms with Crippen LogP contribution in [0.5, 0.6) is 0 Å². The number of imidazole rings is 1. The molecule has 1 saturated heterocycles. The molecule has 8 nitrogen and oxygen atoms in total. The zero-order valence-corrected chi connectivity index (χ0v) is 13.4. The molecule has 23 heavy (non-hydrogen) atoms. The lowest BCUT2D eigenvalue weighted by molar-refractivity contribution is 0.268. The summed E-state index contributed by atoms with van der Waals surface area (Å²) >= 11 is 0. The van der Waals surface area contributed by atoms with Crippen molar-refractivity contribution in [3.63, 3.8) is 0 Å². The molecule has 0 spiro atoms. The van der Waals surface area contributed by atoms with Crippen LogP contribution < -0.4 is 5.69 Å². The van der Waals surface area contributed by atoms with Crippen LogP contribution in [0.25, 0.3) is 22.1 Å². The van der Waals surface area contributed by atoms with Gasteiger partial charge in [-0.1, -0.05) is 0 Å². The molecule has 0 radical (unpaired) electrons. The van der Waals surface area contributed by atoms with Gasteiger partial charge in [-0.15, -0.1) is 0 Å². The molecule has 1 aliphatic rings. The molecule has 0 unspecified atom stereocenters. The molecule has 0 bridgehead atoms. The van der Waals surface area contributed by atoms with Crippen molar-refractivity contribution in [3.05, 3.63) is 28.9 Å². The van der Waals surface area contributed by atoms with Crippen molar-refractivity contribution in [2.45, 2.75) is 18.9 Å². The van der Waals surface area contributed by atoms with Gasteiger partial charge in [0.15, 0.2) is 0 Å². The fourth-order valence-electron chi connectivity index (χ4n) is 3.40. The molecule has 1 atom stereocenters. The number of hydrogen-bond acceptors (Lipinski definition) is 4. The Bertz CT molecular complexity index is 1050. The van der Waals surface area contributed by atoms with E-state index in [2.05, 4.69) is 15.0 Å². The van der Waals surface area contributed by atoms with E-state index in [-0.39, 0.29) is 11.7 Å². The van der Waals surface area contributed by atoms with Gasteiger partial charge in [0.2, 0.25) is 10.0 Å². The normalized spacial score (nSPS) is 20.5. The van der Waals surface area contributed by atoms with Gasteiger partial charge in [0.05, 0.1) is 29.5 Å². The molecule has 4 rings (SSSR count). The maximum Gasteiger partial charge on any atom is 0.326 e. The Morgan fingerprint density at radius 1 is 1.39 bits per heavy atom. The van der Waals surface area contributed by atoms with Crippen LogP contribution >= 0.6 is 0 Å². The molecular formula is C14H17N5O3S. The maximum atomic E-state index is 12.5. The van der Waals surface area contributed by atoms with E-state index in [4.69, 9.17) is 0 Å². The Hall–Kier alpha value is -2.13. The number of rotatable bonds is 2. The van der Waals surface area contributed by atoms with E-state index in [0.29, 0.717) is 24.3 Å². The quantitative estimate of drug-likeness (QED) is 0.723. The molecule has 1 fully saturated rings. The molecular weight excluding hydrogens is 318 g/mol. The van der Waals surface area contributed by atoms with Crippen LogP contribution in [0.4, 0.5) is 0 Å². The number of aromatic amines is 2. The summed E-state index contributed by atoms with van der Waals surface area (Å²) in [6, 6.07) is 1.70. The second kappa shape index (κ2) is 4.93. The second-order valence-electron chi connectivity index (χ2n) is 5.98. The number of nitrogens with one attached hydrogen (secondary N) is 2. The minimum Gasteiger partial charge on any atom is -0.346 e. The summed E-state index contributed by atoms with van der Waals surface area (Å²) in [5, 5.41) is 0.859. The molecule has 0 aromatic carbocycles. The van der Waals surface area contributed by atoms with Crippen LogP contribution in [0.1, 0.15) is 18.9 Å². The number of aromatic nitrogens is 4. The van der Waals surface area contributed by atoms with Crippen LogP contribution in [0.3, 0.4) is 0 Å². The third-order valence-electron chi connectivity index (χ3n) is 4.45. The zero-order valence-electron chi connectivity index (χ0n) is 12.6. The van der Waals surface area contributed by atoms with E-state index in [1.165, 1.54) is 10.6 Å². The van der Waals surface area contributed by atoms with Gasteiger partial charge < -0.3 is 9.97 Å². The van der Waals surface area contributed by atoms with Crippen LogP contribution in [-0.4, -0.2) is 51.6 Å². The first kappa shape index (κ1) is 14.5. The van der Waals surface area contributed by atoms with Gasteiger partial charge >= 0.3 is 5.69 Å². The van der Waals surface area contributed by atoms with E-state index in [1.54, 1.807) is 17.0 Å². The van der Waals surface area contributed by atoms with Gasteiger partial charge in [-0.05, 0) is 18.9 Å². The number of piperidine rings is 1. The van der Waals surface area contributed by atoms with E-state index < -0.39 is 10.0 Å². The molecule has 3 aromatic heterocycles. The first-order valence-electron chi connectivity index (χ1n) is 7.46. The number of hydrogen-bond donors (Lipinski definition) is 2. The van der Waals surface area contributed by atoms with Gasteiger partial charge in [-0.25, -0.2) is 22.5 Å². The molecule has 122 valence electrons. The van der Waals surface area contributed by atoms with Gasteiger partial charge in [0, 0.05) is 24.7 Å². The van der Waals surface area contributed by atoms with E-state index in [0.717, 1.165) is 23.7 Å². The third kappa shape index (κ3) is 2.27. The molecule has 3 aromatic rings. The van der Waals surface area contributed by atoms with Crippen molar-refractivity contribution < 1.29 is 8.42 Å². The molecule has 2 N–H and O–H groups in total. The number of sulfonamides is 1. The Kier molecular flexibility index (Phi) is 3.10. The number of pyridine rings is 1. The molecule has 0 saturated carbocycles. The summed E-state index contributed by atoms with van der Waals surface area (Å²) in [5.74, 6) is 0. The van der Waals surface area contributed by atoms with E-state index in [9.17, 15) is 13.2 Å². The second-order valence-corrected chi connectivity index (χ2v) is 7.96. The Balaban J connectivity index is 1.89. The Morgan fingerprint density at radius 3 is 3.00 bits per heavy atom. The highest BCUT2D eigenvalue weighted by molar-refractivity contribution is 7.88. The van der Waals surface area contributed by atoms with Crippen molar-refractivity contribution in [1.82, 2.24) is 23.8 Å². The van der Waals surface area contributed by atoms with Crippen molar-refractivity contribution in [3.8, 4) is 0 Å². The first-order valence-corrected chi connectivity index (χ1v) is 9.31. The van der Waals surface area contributed by atoms with Gasteiger partial charge in [-0.3, -0.25) is 4.57 Å². The van der Waals surface area contributed by atoms with Crippen LogP contribution in [-0.2, 0) is 10.0 Å². The largest absolute Gasteiger partial charge is 0.346 e. The first-order chi connectivity index (χ1) is 10.9. The van der Waals surface area contributed by atoms with Crippen molar-refractivity contribution >= 4 is 32.1 Å². The van der Waals surface area contributed by atoms with Crippen LogP contribution in [0.2, 0.25) is 0 Å². The summed E-state index contributed by atoms with van der Waals surface area (Å²) in [6.07, 6.45) is 6.12. The smallest absolute Gasteiger partial charge is 0.326 e. The van der Waals surface area contributed by atoms with Crippen LogP contribution in [0.15, 0.2) is 23.3 Å². The van der Waals surface area contributed by atoms with Crippen molar-refractivity contribution in [2.24, 2.45) is 0 Å². The summed E-state index contributed by atoms with van der Waals surface area (Å²) in [4.78, 5) is 22.6. The monoisotopic (exact) mass is 335 g/mol. The Morgan fingerprint density at radius 2 is 2.22 bits per heavy atom.